The summed E-state index contributed by atoms with van der Waals surface area (Å²) >= 11 is 5.88. The molecule has 1 aliphatic carbocycles. The Balaban J connectivity index is 0.00000102. The molecular weight excluding hydrogens is 367 g/mol. The quantitative estimate of drug-likeness (QED) is 0.701. The molecule has 1 fully saturated rings. The number of nitrogens with two attached hydrogens (primary N) is 1. The fourth-order valence-electron chi connectivity index (χ4n) is 3.50. The van der Waals surface area contributed by atoms with Crippen LogP contribution in [0.1, 0.15) is 32.1 Å². The number of anilines is 1. The number of nitrogens with one attached hydrogen (secondary N) is 1. The van der Waals surface area contributed by atoms with Crippen LogP contribution in [0.15, 0.2) is 24.4 Å². The number of rotatable bonds is 3. The monoisotopic (exact) mass is 390 g/mol. The summed E-state index contributed by atoms with van der Waals surface area (Å²) < 4.78 is 14.3. The summed E-state index contributed by atoms with van der Waals surface area (Å²) in [4.78, 5) is 11.3. The Labute approximate surface area is 162 Å². The molecule has 0 radical (unpaired) electrons. The first-order valence-corrected chi connectivity index (χ1v) is 9.49. The summed E-state index contributed by atoms with van der Waals surface area (Å²) in [7, 11) is 3.55. The number of benzene rings is 1. The van der Waals surface area contributed by atoms with E-state index >= 15 is 0 Å². The van der Waals surface area contributed by atoms with Crippen LogP contribution in [0.25, 0.3) is 22.4 Å². The van der Waals surface area contributed by atoms with Gasteiger partial charge in [0.05, 0.1) is 16.9 Å². The predicted molar refractivity (Wildman–Crippen MR) is 107 cm³/mol. The molecule has 0 spiro atoms. The van der Waals surface area contributed by atoms with Crippen molar-refractivity contribution in [3.8, 4) is 11.3 Å². The van der Waals surface area contributed by atoms with Crippen LogP contribution in [0.5, 0.6) is 0 Å². The van der Waals surface area contributed by atoms with E-state index in [1.54, 1.807) is 18.3 Å². The van der Waals surface area contributed by atoms with Gasteiger partial charge in [0.1, 0.15) is 11.3 Å². The zero-order valence-electron chi connectivity index (χ0n) is 15.5. The molecule has 2 aromatic heterocycles. The van der Waals surface area contributed by atoms with Crippen molar-refractivity contribution in [3.63, 3.8) is 0 Å². The van der Waals surface area contributed by atoms with Gasteiger partial charge in [0.15, 0.2) is 5.82 Å². The molecule has 4 rings (SSSR count). The van der Waals surface area contributed by atoms with Crippen LogP contribution in [-0.2, 0) is 0 Å². The lowest BCUT2D eigenvalue weighted by Gasteiger charge is -2.31. The Morgan fingerprint density at radius 2 is 1.96 bits per heavy atom. The summed E-state index contributed by atoms with van der Waals surface area (Å²) in [5.41, 5.74) is 6.36. The van der Waals surface area contributed by atoms with E-state index in [0.717, 1.165) is 5.82 Å². The van der Waals surface area contributed by atoms with Crippen LogP contribution in [0.2, 0.25) is 5.02 Å². The minimum absolute atomic E-state index is 0.0712. The van der Waals surface area contributed by atoms with Gasteiger partial charge in [-0.3, -0.25) is 5.10 Å². The lowest BCUT2D eigenvalue weighted by atomic mass is 9.94. The van der Waals surface area contributed by atoms with Crippen molar-refractivity contribution in [2.75, 3.05) is 19.0 Å². The van der Waals surface area contributed by atoms with Gasteiger partial charge in [-0.1, -0.05) is 36.9 Å². The fraction of sp³-hybridized carbons (Fsp3) is 0.421. The van der Waals surface area contributed by atoms with Gasteiger partial charge in [0.25, 0.3) is 0 Å². The summed E-state index contributed by atoms with van der Waals surface area (Å²) in [6, 6.07) is 5.36. The lowest BCUT2D eigenvalue weighted by molar-refractivity contribution is 0.426. The number of aromatic amines is 1. The fourth-order valence-corrected chi connectivity index (χ4v) is 3.67. The first kappa shape index (κ1) is 19.5. The minimum atomic E-state index is -0.486. The summed E-state index contributed by atoms with van der Waals surface area (Å²) in [6.07, 6.45) is 7.91. The molecule has 6 nitrogen and oxygen atoms in total. The maximum Gasteiger partial charge on any atom is 0.202 e. The highest BCUT2D eigenvalue weighted by atomic mass is 35.5. The van der Waals surface area contributed by atoms with Crippen LogP contribution in [-0.4, -0.2) is 40.3 Å². The molecule has 0 amide bonds. The van der Waals surface area contributed by atoms with Crippen molar-refractivity contribution in [2.24, 2.45) is 5.73 Å². The third kappa shape index (κ3) is 3.89. The molecule has 27 heavy (non-hydrogen) atoms. The van der Waals surface area contributed by atoms with Gasteiger partial charge >= 0.3 is 0 Å². The molecule has 0 unspecified atom stereocenters. The first-order chi connectivity index (χ1) is 13.1. The maximum atomic E-state index is 14.3. The van der Waals surface area contributed by atoms with E-state index in [0.29, 0.717) is 28.5 Å². The third-order valence-electron chi connectivity index (χ3n) is 4.96. The van der Waals surface area contributed by atoms with E-state index in [4.69, 9.17) is 11.6 Å². The Bertz CT molecular complexity index is 906. The zero-order chi connectivity index (χ0) is 19.4. The Kier molecular flexibility index (Phi) is 6.23. The summed E-state index contributed by atoms with van der Waals surface area (Å²) in [5.74, 6) is 0.309. The number of hydrogen-bond donors (Lipinski definition) is 2. The van der Waals surface area contributed by atoms with Crippen LogP contribution in [0, 0.1) is 5.82 Å². The van der Waals surface area contributed by atoms with Gasteiger partial charge in [0, 0.05) is 18.7 Å². The third-order valence-corrected chi connectivity index (χ3v) is 5.25. The van der Waals surface area contributed by atoms with Crippen LogP contribution < -0.4 is 10.6 Å². The molecule has 8 heteroatoms. The predicted octanol–water partition coefficient (Wildman–Crippen LogP) is 4.16. The van der Waals surface area contributed by atoms with Gasteiger partial charge in [-0.15, -0.1) is 0 Å². The number of nitrogens with zero attached hydrogens (tertiary/aromatic N) is 4. The van der Waals surface area contributed by atoms with E-state index in [-0.39, 0.29) is 5.02 Å². The summed E-state index contributed by atoms with van der Waals surface area (Å²) in [5, 5.41) is 7.14. The van der Waals surface area contributed by atoms with Gasteiger partial charge in [0.2, 0.25) is 5.65 Å². The molecule has 1 aromatic carbocycles. The standard InChI is InChI=1S/C18H19ClFN5.CH5N/c1-25(11-6-3-2-4-7-11)14-10-21-17-16(23-24-18(17)22-14)12-8-5-9-13(19)15(12)20;1-2/h5,8-11H,2-4,6-7H2,1H3,(H,22,23,24);2H2,1H3. The van der Waals surface area contributed by atoms with Crippen LogP contribution in [0.4, 0.5) is 10.2 Å². The molecule has 2 heterocycles. The van der Waals surface area contributed by atoms with Crippen molar-refractivity contribution in [1.29, 1.82) is 0 Å². The SMILES string of the molecule is CN.CN(c1cnc2c(-c3cccc(Cl)c3F)[nH]nc2n1)C1CCCCC1. The molecule has 0 bridgehead atoms. The maximum absolute atomic E-state index is 14.3. The average Bonchev–Trinajstić information content (AvgIpc) is 3.14. The number of halogens is 2. The van der Waals surface area contributed by atoms with Gasteiger partial charge in [-0.05, 0) is 32.0 Å². The number of H-pyrrole nitrogens is 1. The van der Waals surface area contributed by atoms with Crippen molar-refractivity contribution in [1.82, 2.24) is 20.2 Å². The highest BCUT2D eigenvalue weighted by molar-refractivity contribution is 6.31. The van der Waals surface area contributed by atoms with Gasteiger partial charge < -0.3 is 10.6 Å². The molecule has 0 atom stereocenters. The largest absolute Gasteiger partial charge is 0.355 e. The second-order valence-corrected chi connectivity index (χ2v) is 6.91. The van der Waals surface area contributed by atoms with Crippen molar-refractivity contribution in [2.45, 2.75) is 38.1 Å². The Morgan fingerprint density at radius 3 is 2.70 bits per heavy atom. The first-order valence-electron chi connectivity index (χ1n) is 9.11. The smallest absolute Gasteiger partial charge is 0.202 e. The number of aromatic nitrogens is 4. The lowest BCUT2D eigenvalue weighted by Crippen LogP contribution is -2.33. The molecule has 0 aliphatic heterocycles. The van der Waals surface area contributed by atoms with Crippen molar-refractivity contribution in [3.05, 3.63) is 35.2 Å². The second kappa shape index (κ2) is 8.63. The Hall–Kier alpha value is -2.25. The minimum Gasteiger partial charge on any atom is -0.355 e. The van der Waals surface area contributed by atoms with E-state index in [9.17, 15) is 4.39 Å². The normalized spacial score (nSPS) is 14.7. The number of fused-ring (bicyclic) bond motifs is 1. The van der Waals surface area contributed by atoms with E-state index in [1.165, 1.54) is 45.2 Å². The number of hydrogen-bond acceptors (Lipinski definition) is 5. The highest BCUT2D eigenvalue weighted by Gasteiger charge is 2.21. The molecule has 0 saturated heterocycles. The van der Waals surface area contributed by atoms with Crippen LogP contribution >= 0.6 is 11.6 Å². The molecule has 3 N–H and O–H groups in total. The van der Waals surface area contributed by atoms with Crippen molar-refractivity contribution < 1.29 is 4.39 Å². The molecule has 1 saturated carbocycles. The molecular formula is C19H24ClFN6. The average molecular weight is 391 g/mol. The van der Waals surface area contributed by atoms with Crippen molar-refractivity contribution >= 4 is 28.6 Å². The molecule has 1 aliphatic rings. The summed E-state index contributed by atoms with van der Waals surface area (Å²) in [6.45, 7) is 0. The van der Waals surface area contributed by atoms with Gasteiger partial charge in [-0.2, -0.15) is 5.10 Å². The highest BCUT2D eigenvalue weighted by Crippen LogP contribution is 2.31. The van der Waals surface area contributed by atoms with E-state index < -0.39 is 5.82 Å². The Morgan fingerprint density at radius 1 is 1.22 bits per heavy atom. The molecule has 144 valence electrons. The van der Waals surface area contributed by atoms with E-state index in [1.807, 2.05) is 0 Å². The topological polar surface area (TPSA) is 83.7 Å². The zero-order valence-corrected chi connectivity index (χ0v) is 16.3. The second-order valence-electron chi connectivity index (χ2n) is 6.50. The van der Waals surface area contributed by atoms with Crippen LogP contribution in [0.3, 0.4) is 0 Å². The van der Waals surface area contributed by atoms with E-state index in [2.05, 4.69) is 37.8 Å². The molecule has 3 aromatic rings. The van der Waals surface area contributed by atoms with Gasteiger partial charge in [-0.25, -0.2) is 14.4 Å².